The predicted octanol–water partition coefficient (Wildman–Crippen LogP) is 2.69. The number of pyridine rings is 1. The molecule has 0 saturated carbocycles. The highest BCUT2D eigenvalue weighted by Gasteiger charge is 2.34. The molecular formula is C14H18N4O2S2. The van der Waals surface area contributed by atoms with Crippen LogP contribution in [0.15, 0.2) is 23.7 Å². The van der Waals surface area contributed by atoms with Gasteiger partial charge in [0.1, 0.15) is 5.82 Å². The number of aromatic nitrogens is 2. The van der Waals surface area contributed by atoms with Crippen molar-refractivity contribution in [3.63, 3.8) is 0 Å². The van der Waals surface area contributed by atoms with Crippen LogP contribution in [0.5, 0.6) is 0 Å². The van der Waals surface area contributed by atoms with Gasteiger partial charge >= 0.3 is 0 Å². The summed E-state index contributed by atoms with van der Waals surface area (Å²) in [6.07, 6.45) is 4.74. The minimum atomic E-state index is -3.19. The lowest BCUT2D eigenvalue weighted by Gasteiger charge is -2.20. The van der Waals surface area contributed by atoms with E-state index in [1.54, 1.807) is 6.20 Å². The molecule has 0 aliphatic carbocycles. The van der Waals surface area contributed by atoms with Crippen LogP contribution >= 0.6 is 11.3 Å². The SMILES string of the molecule is Cc1ccc(Nc2nc([C@H]3CCCN3S(C)(=O)=O)cs2)nc1. The molecule has 1 N–H and O–H groups in total. The van der Waals surface area contributed by atoms with Crippen LogP contribution in [-0.2, 0) is 10.0 Å². The molecule has 2 aromatic rings. The van der Waals surface area contributed by atoms with E-state index in [0.717, 1.165) is 35.0 Å². The van der Waals surface area contributed by atoms with Crippen molar-refractivity contribution >= 4 is 32.3 Å². The Kier molecular flexibility index (Phi) is 4.16. The number of thiazole rings is 1. The van der Waals surface area contributed by atoms with Crippen molar-refractivity contribution in [2.45, 2.75) is 25.8 Å². The molecule has 0 spiro atoms. The molecule has 22 heavy (non-hydrogen) atoms. The second-order valence-electron chi connectivity index (χ2n) is 5.46. The molecule has 0 aromatic carbocycles. The van der Waals surface area contributed by atoms with Crippen molar-refractivity contribution in [3.8, 4) is 0 Å². The van der Waals surface area contributed by atoms with E-state index < -0.39 is 10.0 Å². The van der Waals surface area contributed by atoms with E-state index in [-0.39, 0.29) is 6.04 Å². The van der Waals surface area contributed by atoms with E-state index in [0.29, 0.717) is 6.54 Å². The average molecular weight is 338 g/mol. The van der Waals surface area contributed by atoms with Gasteiger partial charge in [-0.15, -0.1) is 11.3 Å². The summed E-state index contributed by atoms with van der Waals surface area (Å²) in [4.78, 5) is 8.82. The first-order valence-corrected chi connectivity index (χ1v) is 9.78. The van der Waals surface area contributed by atoms with Gasteiger partial charge in [0, 0.05) is 18.1 Å². The van der Waals surface area contributed by atoms with E-state index in [2.05, 4.69) is 15.3 Å². The molecule has 2 aromatic heterocycles. The summed E-state index contributed by atoms with van der Waals surface area (Å²) in [5.41, 5.74) is 1.91. The van der Waals surface area contributed by atoms with Crippen LogP contribution in [0.4, 0.5) is 10.9 Å². The fourth-order valence-corrected chi connectivity index (χ4v) is 4.48. The third-order valence-electron chi connectivity index (χ3n) is 3.64. The topological polar surface area (TPSA) is 75.2 Å². The molecule has 1 atom stereocenters. The molecule has 8 heteroatoms. The summed E-state index contributed by atoms with van der Waals surface area (Å²) in [5.74, 6) is 0.734. The van der Waals surface area contributed by atoms with Crippen LogP contribution in [0.1, 0.15) is 30.1 Å². The lowest BCUT2D eigenvalue weighted by molar-refractivity contribution is 0.395. The van der Waals surface area contributed by atoms with E-state index in [1.165, 1.54) is 21.9 Å². The van der Waals surface area contributed by atoms with Gasteiger partial charge in [-0.25, -0.2) is 18.4 Å². The van der Waals surface area contributed by atoms with Crippen molar-refractivity contribution in [2.24, 2.45) is 0 Å². The molecule has 1 fully saturated rings. The first kappa shape index (κ1) is 15.4. The Labute approximate surface area is 134 Å². The van der Waals surface area contributed by atoms with Gasteiger partial charge in [0.15, 0.2) is 5.13 Å². The molecule has 1 saturated heterocycles. The fourth-order valence-electron chi connectivity index (χ4n) is 2.58. The number of sulfonamides is 1. The second kappa shape index (κ2) is 5.94. The van der Waals surface area contributed by atoms with Crippen molar-refractivity contribution in [2.75, 3.05) is 18.1 Å². The molecule has 0 bridgehead atoms. The van der Waals surface area contributed by atoms with Crippen LogP contribution < -0.4 is 5.32 Å². The first-order valence-electron chi connectivity index (χ1n) is 7.05. The summed E-state index contributed by atoms with van der Waals surface area (Å²) < 4.78 is 25.2. The van der Waals surface area contributed by atoms with E-state index in [4.69, 9.17) is 0 Å². The molecule has 1 aliphatic heterocycles. The van der Waals surface area contributed by atoms with Gasteiger partial charge in [-0.2, -0.15) is 4.31 Å². The van der Waals surface area contributed by atoms with Gasteiger partial charge in [0.25, 0.3) is 0 Å². The largest absolute Gasteiger partial charge is 0.316 e. The highest BCUT2D eigenvalue weighted by atomic mass is 32.2. The summed E-state index contributed by atoms with van der Waals surface area (Å²) >= 11 is 1.46. The Morgan fingerprint density at radius 3 is 2.91 bits per heavy atom. The molecule has 1 aliphatic rings. The number of nitrogens with one attached hydrogen (secondary N) is 1. The number of nitrogens with zero attached hydrogens (tertiary/aromatic N) is 3. The summed E-state index contributed by atoms with van der Waals surface area (Å²) in [7, 11) is -3.19. The Bertz CT molecular complexity index is 755. The van der Waals surface area contributed by atoms with E-state index >= 15 is 0 Å². The fraction of sp³-hybridized carbons (Fsp3) is 0.429. The Morgan fingerprint density at radius 1 is 1.41 bits per heavy atom. The Balaban J connectivity index is 1.77. The van der Waals surface area contributed by atoms with Crippen LogP contribution in [0.25, 0.3) is 0 Å². The standard InChI is InChI=1S/C14H18N4O2S2/c1-10-5-6-13(15-8-10)17-14-16-11(9-21-14)12-4-3-7-18(12)22(2,19)20/h5-6,8-9,12H,3-4,7H2,1-2H3,(H,15,16,17)/t12-/m1/s1. The molecule has 0 radical (unpaired) electrons. The van der Waals surface area contributed by atoms with Gasteiger partial charge in [0.2, 0.25) is 10.0 Å². The van der Waals surface area contributed by atoms with Crippen molar-refractivity contribution in [1.82, 2.24) is 14.3 Å². The summed E-state index contributed by atoms with van der Waals surface area (Å²) in [6.45, 7) is 2.56. The van der Waals surface area contributed by atoms with Crippen molar-refractivity contribution in [1.29, 1.82) is 0 Å². The zero-order valence-corrected chi connectivity index (χ0v) is 14.1. The summed E-state index contributed by atoms with van der Waals surface area (Å²) in [6, 6.07) is 3.73. The van der Waals surface area contributed by atoms with E-state index in [9.17, 15) is 8.42 Å². The number of hydrogen-bond acceptors (Lipinski definition) is 6. The maximum atomic E-state index is 11.8. The normalized spacial score (nSPS) is 19.5. The zero-order valence-electron chi connectivity index (χ0n) is 12.5. The minimum Gasteiger partial charge on any atom is -0.316 e. The number of anilines is 2. The molecule has 3 heterocycles. The van der Waals surface area contributed by atoms with Crippen molar-refractivity contribution in [3.05, 3.63) is 35.0 Å². The third kappa shape index (κ3) is 3.29. The number of rotatable bonds is 4. The monoisotopic (exact) mass is 338 g/mol. The molecule has 6 nitrogen and oxygen atoms in total. The highest BCUT2D eigenvalue weighted by Crippen LogP contribution is 2.35. The molecular weight excluding hydrogens is 320 g/mol. The van der Waals surface area contributed by atoms with Gasteiger partial charge in [0.05, 0.1) is 18.0 Å². The zero-order chi connectivity index (χ0) is 15.7. The van der Waals surface area contributed by atoms with E-state index in [1.807, 2.05) is 24.4 Å². The second-order valence-corrected chi connectivity index (χ2v) is 8.25. The van der Waals surface area contributed by atoms with Gasteiger partial charge in [-0.1, -0.05) is 6.07 Å². The maximum Gasteiger partial charge on any atom is 0.211 e. The smallest absolute Gasteiger partial charge is 0.211 e. The van der Waals surface area contributed by atoms with Gasteiger partial charge in [-0.05, 0) is 31.4 Å². The van der Waals surface area contributed by atoms with Gasteiger partial charge < -0.3 is 5.32 Å². The number of aryl methyl sites for hydroxylation is 1. The molecule has 3 rings (SSSR count). The highest BCUT2D eigenvalue weighted by molar-refractivity contribution is 7.88. The average Bonchev–Trinajstić information content (AvgIpc) is 3.09. The lowest BCUT2D eigenvalue weighted by Crippen LogP contribution is -2.29. The third-order valence-corrected chi connectivity index (χ3v) is 5.70. The lowest BCUT2D eigenvalue weighted by atomic mass is 10.2. The van der Waals surface area contributed by atoms with Crippen LogP contribution in [-0.4, -0.2) is 35.5 Å². The quantitative estimate of drug-likeness (QED) is 0.927. The Morgan fingerprint density at radius 2 is 2.23 bits per heavy atom. The van der Waals surface area contributed by atoms with Gasteiger partial charge in [-0.3, -0.25) is 0 Å². The minimum absolute atomic E-state index is 0.146. The molecule has 0 amide bonds. The molecule has 118 valence electrons. The van der Waals surface area contributed by atoms with Crippen LogP contribution in [0.2, 0.25) is 0 Å². The Hall–Kier alpha value is -1.51. The first-order chi connectivity index (χ1) is 10.4. The van der Waals surface area contributed by atoms with Crippen LogP contribution in [0, 0.1) is 6.92 Å². The number of hydrogen-bond donors (Lipinski definition) is 1. The summed E-state index contributed by atoms with van der Waals surface area (Å²) in [5, 5.41) is 5.81. The maximum absolute atomic E-state index is 11.8. The van der Waals surface area contributed by atoms with Crippen molar-refractivity contribution < 1.29 is 8.42 Å². The molecule has 0 unspecified atom stereocenters. The predicted molar refractivity (Wildman–Crippen MR) is 87.9 cm³/mol. The van der Waals surface area contributed by atoms with Crippen LogP contribution in [0.3, 0.4) is 0 Å².